The average molecular weight is 435 g/mol. The van der Waals surface area contributed by atoms with Crippen molar-refractivity contribution in [1.82, 2.24) is 5.32 Å². The zero-order valence-electron chi connectivity index (χ0n) is 18.1. The minimum Gasteiger partial charge on any atom is -0.497 e. The van der Waals surface area contributed by atoms with E-state index in [-0.39, 0.29) is 24.9 Å². The first-order valence-corrected chi connectivity index (χ1v) is 11.6. The van der Waals surface area contributed by atoms with Gasteiger partial charge in [0.25, 0.3) is 0 Å². The molecule has 1 N–H and O–H groups in total. The molecule has 2 aromatic rings. The van der Waals surface area contributed by atoms with Crippen molar-refractivity contribution in [3.63, 3.8) is 0 Å². The van der Waals surface area contributed by atoms with Crippen molar-refractivity contribution in [1.29, 1.82) is 0 Å². The number of anilines is 1. The van der Waals surface area contributed by atoms with E-state index in [0.29, 0.717) is 23.6 Å². The van der Waals surface area contributed by atoms with Gasteiger partial charge in [-0.2, -0.15) is 0 Å². The first-order chi connectivity index (χ1) is 14.2. The molecule has 0 spiro atoms. The molecule has 2 aromatic carbocycles. The zero-order chi connectivity index (χ0) is 22.3. The highest BCUT2D eigenvalue weighted by atomic mass is 32.2. The molecule has 0 saturated heterocycles. The second kappa shape index (κ2) is 10.3. The number of carbonyl (C=O) groups excluding carboxylic acids is 1. The van der Waals surface area contributed by atoms with Crippen LogP contribution in [-0.2, 0) is 14.8 Å². The van der Waals surface area contributed by atoms with Crippen LogP contribution in [0.3, 0.4) is 0 Å². The van der Waals surface area contributed by atoms with Gasteiger partial charge in [-0.05, 0) is 50.6 Å². The van der Waals surface area contributed by atoms with Crippen LogP contribution >= 0.6 is 0 Å². The molecule has 0 heterocycles. The number of amides is 1. The fourth-order valence-corrected chi connectivity index (χ4v) is 4.12. The third kappa shape index (κ3) is 6.38. The summed E-state index contributed by atoms with van der Waals surface area (Å²) in [5.74, 6) is 1.17. The summed E-state index contributed by atoms with van der Waals surface area (Å²) in [6, 6.07) is 12.4. The molecule has 0 aliphatic carbocycles. The summed E-state index contributed by atoms with van der Waals surface area (Å²) in [5, 5.41) is 2.94. The zero-order valence-corrected chi connectivity index (χ0v) is 19.0. The Morgan fingerprint density at radius 3 is 2.33 bits per heavy atom. The maximum Gasteiger partial charge on any atom is 0.232 e. The molecule has 2 rings (SSSR count). The molecule has 0 unspecified atom stereocenters. The number of ether oxygens (including phenoxy) is 2. The molecule has 8 heteroatoms. The quantitative estimate of drug-likeness (QED) is 0.619. The summed E-state index contributed by atoms with van der Waals surface area (Å²) in [5.41, 5.74) is 2.45. The Hall–Kier alpha value is -2.74. The molecule has 30 heavy (non-hydrogen) atoms. The van der Waals surface area contributed by atoms with Crippen molar-refractivity contribution in [2.45, 2.75) is 32.7 Å². The van der Waals surface area contributed by atoms with Gasteiger partial charge in [0, 0.05) is 18.5 Å². The predicted octanol–water partition coefficient (Wildman–Crippen LogP) is 3.44. The van der Waals surface area contributed by atoms with Gasteiger partial charge in [0.15, 0.2) is 0 Å². The lowest BCUT2D eigenvalue weighted by molar-refractivity contribution is -0.121. The lowest BCUT2D eigenvalue weighted by Crippen LogP contribution is -2.32. The number of aryl methyl sites for hydroxylation is 1. The summed E-state index contributed by atoms with van der Waals surface area (Å²) in [6.07, 6.45) is 1.77. The third-order valence-electron chi connectivity index (χ3n) is 4.77. The van der Waals surface area contributed by atoms with Crippen LogP contribution in [0.4, 0.5) is 5.69 Å². The first kappa shape index (κ1) is 23.5. The predicted molar refractivity (Wildman–Crippen MR) is 119 cm³/mol. The molecular weight excluding hydrogens is 404 g/mol. The first-order valence-electron chi connectivity index (χ1n) is 9.71. The smallest absolute Gasteiger partial charge is 0.232 e. The minimum absolute atomic E-state index is 0.162. The van der Waals surface area contributed by atoms with Crippen LogP contribution in [0.25, 0.3) is 0 Å². The topological polar surface area (TPSA) is 84.9 Å². The van der Waals surface area contributed by atoms with Crippen LogP contribution in [0, 0.1) is 6.92 Å². The van der Waals surface area contributed by atoms with Crippen LogP contribution in [-0.4, -0.2) is 41.3 Å². The Morgan fingerprint density at radius 1 is 1.10 bits per heavy atom. The summed E-state index contributed by atoms with van der Waals surface area (Å²) in [6.45, 7) is 4.04. The number of benzene rings is 2. The standard InChI is InChI=1S/C22H30N2O5S/c1-16-8-10-18(11-9-16)24(30(5,26)27)14-6-7-22(25)23-17(2)20-15-19(28-3)12-13-21(20)29-4/h8-13,15,17H,6-7,14H2,1-5H3,(H,23,25)/t17-/m0/s1. The summed E-state index contributed by atoms with van der Waals surface area (Å²) in [4.78, 5) is 12.4. The highest BCUT2D eigenvalue weighted by molar-refractivity contribution is 7.92. The molecule has 7 nitrogen and oxygen atoms in total. The van der Waals surface area contributed by atoms with Crippen molar-refractivity contribution >= 4 is 21.6 Å². The minimum atomic E-state index is -3.44. The summed E-state index contributed by atoms with van der Waals surface area (Å²) in [7, 11) is -0.286. The molecule has 0 aromatic heterocycles. The van der Waals surface area contributed by atoms with Gasteiger partial charge in [0.1, 0.15) is 11.5 Å². The molecule has 0 bridgehead atoms. The second-order valence-electron chi connectivity index (χ2n) is 7.17. The van der Waals surface area contributed by atoms with E-state index in [1.54, 1.807) is 38.5 Å². The average Bonchev–Trinajstić information content (AvgIpc) is 2.70. The number of sulfonamides is 1. The van der Waals surface area contributed by atoms with E-state index in [4.69, 9.17) is 9.47 Å². The fraction of sp³-hybridized carbons (Fsp3) is 0.409. The van der Waals surface area contributed by atoms with Crippen LogP contribution in [0.15, 0.2) is 42.5 Å². The summed E-state index contributed by atoms with van der Waals surface area (Å²) < 4.78 is 36.3. The molecule has 0 aliphatic heterocycles. The molecule has 0 saturated carbocycles. The molecule has 0 radical (unpaired) electrons. The van der Waals surface area contributed by atoms with Crippen LogP contribution in [0.2, 0.25) is 0 Å². The molecule has 1 amide bonds. The Bertz CT molecular complexity index is 958. The van der Waals surface area contributed by atoms with Crippen molar-refractivity contribution < 1.29 is 22.7 Å². The molecule has 0 fully saturated rings. The van der Waals surface area contributed by atoms with Gasteiger partial charge >= 0.3 is 0 Å². The van der Waals surface area contributed by atoms with E-state index in [0.717, 1.165) is 11.1 Å². The van der Waals surface area contributed by atoms with Crippen LogP contribution < -0.4 is 19.1 Å². The Kier molecular flexibility index (Phi) is 8.11. The lowest BCUT2D eigenvalue weighted by Gasteiger charge is -2.23. The van der Waals surface area contributed by atoms with Gasteiger partial charge in [0.05, 0.1) is 32.2 Å². The Balaban J connectivity index is 1.99. The number of carbonyl (C=O) groups is 1. The number of methoxy groups -OCH3 is 2. The van der Waals surface area contributed by atoms with Crippen LogP contribution in [0.5, 0.6) is 11.5 Å². The van der Waals surface area contributed by atoms with E-state index in [1.165, 1.54) is 10.6 Å². The highest BCUT2D eigenvalue weighted by Crippen LogP contribution is 2.29. The van der Waals surface area contributed by atoms with Gasteiger partial charge in [-0.3, -0.25) is 9.10 Å². The highest BCUT2D eigenvalue weighted by Gasteiger charge is 2.19. The van der Waals surface area contributed by atoms with Gasteiger partial charge in [-0.15, -0.1) is 0 Å². The Labute approximate surface area is 179 Å². The normalized spacial score (nSPS) is 12.2. The number of rotatable bonds is 10. The van der Waals surface area contributed by atoms with Crippen molar-refractivity contribution in [3.8, 4) is 11.5 Å². The summed E-state index contributed by atoms with van der Waals surface area (Å²) >= 11 is 0. The molecule has 1 atom stereocenters. The van der Waals surface area contributed by atoms with Gasteiger partial charge in [-0.25, -0.2) is 8.42 Å². The van der Waals surface area contributed by atoms with E-state index < -0.39 is 10.0 Å². The van der Waals surface area contributed by atoms with Crippen molar-refractivity contribution in [2.75, 3.05) is 31.3 Å². The number of hydrogen-bond donors (Lipinski definition) is 1. The van der Waals surface area contributed by atoms with Gasteiger partial charge in [-0.1, -0.05) is 17.7 Å². The third-order valence-corrected chi connectivity index (χ3v) is 5.96. The van der Waals surface area contributed by atoms with E-state index >= 15 is 0 Å². The Morgan fingerprint density at radius 2 is 1.77 bits per heavy atom. The molecule has 164 valence electrons. The number of hydrogen-bond acceptors (Lipinski definition) is 5. The van der Waals surface area contributed by atoms with Gasteiger partial charge in [0.2, 0.25) is 15.9 Å². The molecule has 0 aliphatic rings. The van der Waals surface area contributed by atoms with E-state index in [2.05, 4.69) is 5.32 Å². The van der Waals surface area contributed by atoms with Crippen molar-refractivity contribution in [2.24, 2.45) is 0 Å². The SMILES string of the molecule is COc1ccc(OC)c([C@H](C)NC(=O)CCCN(c2ccc(C)cc2)S(C)(=O)=O)c1. The van der Waals surface area contributed by atoms with E-state index in [9.17, 15) is 13.2 Å². The second-order valence-corrected chi connectivity index (χ2v) is 9.08. The van der Waals surface area contributed by atoms with Crippen molar-refractivity contribution in [3.05, 3.63) is 53.6 Å². The number of nitrogens with one attached hydrogen (secondary N) is 1. The number of nitrogens with zero attached hydrogens (tertiary/aromatic N) is 1. The van der Waals surface area contributed by atoms with E-state index in [1.807, 2.05) is 32.0 Å². The fourth-order valence-electron chi connectivity index (χ4n) is 3.15. The maximum absolute atomic E-state index is 12.4. The lowest BCUT2D eigenvalue weighted by atomic mass is 10.1. The molecular formula is C22H30N2O5S. The van der Waals surface area contributed by atoms with Gasteiger partial charge < -0.3 is 14.8 Å². The maximum atomic E-state index is 12.4. The van der Waals surface area contributed by atoms with Crippen LogP contribution in [0.1, 0.15) is 36.9 Å². The monoisotopic (exact) mass is 434 g/mol. The largest absolute Gasteiger partial charge is 0.497 e.